The highest BCUT2D eigenvalue weighted by atomic mass is 28.2. The van der Waals surface area contributed by atoms with E-state index in [9.17, 15) is 0 Å². The van der Waals surface area contributed by atoms with Gasteiger partial charge in [0.05, 0.1) is 13.2 Å². The zero-order valence-electron chi connectivity index (χ0n) is 19.4. The van der Waals surface area contributed by atoms with Crippen molar-refractivity contribution in [2.45, 2.75) is 135 Å². The summed E-state index contributed by atoms with van der Waals surface area (Å²) in [6.45, 7) is 9.40. The lowest BCUT2D eigenvalue weighted by Gasteiger charge is -2.26. The molecule has 1 heterocycles. The molecule has 0 bridgehead atoms. The van der Waals surface area contributed by atoms with Crippen molar-refractivity contribution in [2.75, 3.05) is 19.8 Å². The first-order valence-corrected chi connectivity index (χ1v) is 14.0. The van der Waals surface area contributed by atoms with E-state index in [-0.39, 0.29) is 5.60 Å². The lowest BCUT2D eigenvalue weighted by molar-refractivity contribution is 0.0974. The Morgan fingerprint density at radius 3 is 1.89 bits per heavy atom. The third-order valence-corrected chi connectivity index (χ3v) is 7.54. The van der Waals surface area contributed by atoms with Gasteiger partial charge < -0.3 is 13.9 Å². The third kappa shape index (κ3) is 18.1. The molecule has 1 aliphatic heterocycles. The zero-order valence-corrected chi connectivity index (χ0v) is 20.9. The molecule has 0 saturated carbocycles. The lowest BCUT2D eigenvalue weighted by atomic mass is 9.99. The molecule has 0 N–H and O–H groups in total. The molecule has 1 aliphatic rings. The molecule has 0 aromatic carbocycles. The molecular weight excluding hydrogens is 364 g/mol. The summed E-state index contributed by atoms with van der Waals surface area (Å²) in [5, 5.41) is 0. The van der Waals surface area contributed by atoms with Gasteiger partial charge in [-0.3, -0.25) is 0 Å². The zero-order chi connectivity index (χ0) is 20.3. The molecule has 1 fully saturated rings. The SMILES string of the molecule is CCCCCCCCCCCCCCCC(C)(C)O[SiH2]CCCOCC1CO1. The Labute approximate surface area is 178 Å². The minimum atomic E-state index is -0.399. The van der Waals surface area contributed by atoms with Crippen molar-refractivity contribution >= 4 is 9.76 Å². The summed E-state index contributed by atoms with van der Waals surface area (Å²) in [6.07, 6.45) is 21.2. The predicted octanol–water partition coefficient (Wildman–Crippen LogP) is 6.57. The van der Waals surface area contributed by atoms with Crippen LogP contribution in [-0.2, 0) is 13.9 Å². The second-order valence-corrected chi connectivity index (χ2v) is 10.7. The Kier molecular flexibility index (Phi) is 16.7. The Morgan fingerprint density at radius 1 is 0.821 bits per heavy atom. The van der Waals surface area contributed by atoms with E-state index in [1.165, 1.54) is 95.9 Å². The molecule has 28 heavy (non-hydrogen) atoms. The molecule has 0 aromatic rings. The second kappa shape index (κ2) is 17.9. The Balaban J connectivity index is 1.76. The van der Waals surface area contributed by atoms with Crippen LogP contribution >= 0.6 is 0 Å². The van der Waals surface area contributed by atoms with Crippen molar-refractivity contribution < 1.29 is 13.9 Å². The first-order chi connectivity index (χ1) is 13.6. The molecule has 0 spiro atoms. The van der Waals surface area contributed by atoms with Crippen molar-refractivity contribution in [1.29, 1.82) is 0 Å². The Bertz CT molecular complexity index is 332. The molecule has 4 heteroatoms. The molecule has 168 valence electrons. The van der Waals surface area contributed by atoms with Crippen LogP contribution in [0, 0.1) is 0 Å². The minimum absolute atomic E-state index is 0.0900. The van der Waals surface area contributed by atoms with Gasteiger partial charge in [0.1, 0.15) is 6.10 Å². The summed E-state index contributed by atoms with van der Waals surface area (Å²) in [6, 6.07) is 1.23. The number of rotatable bonds is 22. The van der Waals surface area contributed by atoms with Gasteiger partial charge in [0.25, 0.3) is 0 Å². The summed E-state index contributed by atoms with van der Waals surface area (Å²) >= 11 is 0. The van der Waals surface area contributed by atoms with Gasteiger partial charge in [-0.25, -0.2) is 0 Å². The van der Waals surface area contributed by atoms with Crippen LogP contribution in [0.5, 0.6) is 0 Å². The smallest absolute Gasteiger partial charge is 0.162 e. The monoisotopic (exact) mass is 414 g/mol. The molecule has 1 saturated heterocycles. The summed E-state index contributed by atoms with van der Waals surface area (Å²) in [5.41, 5.74) is 0.0900. The average molecular weight is 415 g/mol. The van der Waals surface area contributed by atoms with E-state index in [0.717, 1.165) is 26.2 Å². The number of epoxide rings is 1. The van der Waals surface area contributed by atoms with Gasteiger partial charge in [-0.15, -0.1) is 0 Å². The van der Waals surface area contributed by atoms with Crippen LogP contribution in [0.25, 0.3) is 0 Å². The van der Waals surface area contributed by atoms with Gasteiger partial charge in [0.15, 0.2) is 9.76 Å². The van der Waals surface area contributed by atoms with Gasteiger partial charge in [0, 0.05) is 12.2 Å². The van der Waals surface area contributed by atoms with E-state index in [0.29, 0.717) is 6.10 Å². The van der Waals surface area contributed by atoms with E-state index in [1.54, 1.807) is 0 Å². The fourth-order valence-corrected chi connectivity index (χ4v) is 4.92. The van der Waals surface area contributed by atoms with E-state index in [4.69, 9.17) is 13.9 Å². The summed E-state index contributed by atoms with van der Waals surface area (Å²) in [7, 11) is -0.399. The molecular formula is C24H50O3Si. The van der Waals surface area contributed by atoms with Crippen LogP contribution in [-0.4, -0.2) is 41.3 Å². The van der Waals surface area contributed by atoms with E-state index in [1.807, 2.05) is 0 Å². The molecule has 0 aliphatic carbocycles. The van der Waals surface area contributed by atoms with E-state index in [2.05, 4.69) is 20.8 Å². The topological polar surface area (TPSA) is 31.0 Å². The molecule has 3 nitrogen and oxygen atoms in total. The molecule has 0 radical (unpaired) electrons. The van der Waals surface area contributed by atoms with Crippen LogP contribution < -0.4 is 0 Å². The van der Waals surface area contributed by atoms with Gasteiger partial charge in [0.2, 0.25) is 0 Å². The van der Waals surface area contributed by atoms with Crippen LogP contribution in [0.3, 0.4) is 0 Å². The second-order valence-electron chi connectivity index (χ2n) is 9.34. The number of unbranched alkanes of at least 4 members (excludes halogenated alkanes) is 12. The fraction of sp³-hybridized carbons (Fsp3) is 1.00. The number of ether oxygens (including phenoxy) is 2. The maximum Gasteiger partial charge on any atom is 0.162 e. The van der Waals surface area contributed by atoms with Crippen molar-refractivity contribution in [1.82, 2.24) is 0 Å². The first kappa shape index (κ1) is 26.1. The van der Waals surface area contributed by atoms with E-state index >= 15 is 0 Å². The highest BCUT2D eigenvalue weighted by molar-refractivity contribution is 6.27. The summed E-state index contributed by atoms with van der Waals surface area (Å²) < 4.78 is 17.0. The van der Waals surface area contributed by atoms with Gasteiger partial charge in [-0.2, -0.15) is 0 Å². The summed E-state index contributed by atoms with van der Waals surface area (Å²) in [4.78, 5) is 0. The van der Waals surface area contributed by atoms with E-state index < -0.39 is 9.76 Å². The van der Waals surface area contributed by atoms with Crippen LogP contribution in [0.4, 0.5) is 0 Å². The third-order valence-electron chi connectivity index (χ3n) is 5.76. The first-order valence-electron chi connectivity index (χ1n) is 12.5. The average Bonchev–Trinajstić information content (AvgIpc) is 3.49. The highest BCUT2D eigenvalue weighted by Crippen LogP contribution is 2.20. The van der Waals surface area contributed by atoms with Crippen molar-refractivity contribution in [3.8, 4) is 0 Å². The Hall–Kier alpha value is 0.0969. The van der Waals surface area contributed by atoms with Crippen molar-refractivity contribution in [3.63, 3.8) is 0 Å². The molecule has 0 amide bonds. The highest BCUT2D eigenvalue weighted by Gasteiger charge is 2.22. The van der Waals surface area contributed by atoms with Crippen molar-refractivity contribution in [2.24, 2.45) is 0 Å². The Morgan fingerprint density at radius 2 is 1.36 bits per heavy atom. The quantitative estimate of drug-likeness (QED) is 0.114. The summed E-state index contributed by atoms with van der Waals surface area (Å²) in [5.74, 6) is 0. The predicted molar refractivity (Wildman–Crippen MR) is 124 cm³/mol. The lowest BCUT2D eigenvalue weighted by Crippen LogP contribution is -2.26. The largest absolute Gasteiger partial charge is 0.419 e. The fourth-order valence-electron chi connectivity index (χ4n) is 3.67. The molecule has 1 atom stereocenters. The normalized spacial score (nSPS) is 17.0. The van der Waals surface area contributed by atoms with Crippen LogP contribution in [0.1, 0.15) is 117 Å². The number of hydrogen-bond acceptors (Lipinski definition) is 3. The molecule has 1 rings (SSSR count). The van der Waals surface area contributed by atoms with Crippen molar-refractivity contribution in [3.05, 3.63) is 0 Å². The van der Waals surface area contributed by atoms with Gasteiger partial charge in [-0.05, 0) is 32.7 Å². The number of hydrogen-bond donors (Lipinski definition) is 0. The van der Waals surface area contributed by atoms with Crippen LogP contribution in [0.15, 0.2) is 0 Å². The minimum Gasteiger partial charge on any atom is -0.419 e. The van der Waals surface area contributed by atoms with Gasteiger partial charge >= 0.3 is 0 Å². The van der Waals surface area contributed by atoms with Gasteiger partial charge in [-0.1, -0.05) is 90.4 Å². The maximum absolute atomic E-state index is 6.24. The maximum atomic E-state index is 6.24. The molecule has 0 aromatic heterocycles. The standard InChI is InChI=1S/C24H50O3Si/c1-4-5-6-7-8-9-10-11-12-13-14-15-16-18-24(2,3)27-28-20-17-19-25-21-23-22-26-23/h23H,4-22,28H2,1-3H3. The molecule has 1 unspecified atom stereocenters. The van der Waals surface area contributed by atoms with Crippen LogP contribution in [0.2, 0.25) is 6.04 Å².